The summed E-state index contributed by atoms with van der Waals surface area (Å²) in [5.41, 5.74) is 3.09. The molecule has 0 aromatic carbocycles. The van der Waals surface area contributed by atoms with E-state index < -0.39 is 0 Å². The second-order valence-corrected chi connectivity index (χ2v) is 5.83. The number of hydrogen-bond donors (Lipinski definition) is 0. The molecule has 106 valence electrons. The van der Waals surface area contributed by atoms with Crippen molar-refractivity contribution in [2.24, 2.45) is 11.8 Å². The van der Waals surface area contributed by atoms with Gasteiger partial charge in [-0.3, -0.25) is 0 Å². The van der Waals surface area contributed by atoms with Crippen LogP contribution in [0.3, 0.4) is 0 Å². The van der Waals surface area contributed by atoms with Crippen LogP contribution in [-0.4, -0.2) is 19.3 Å². The molecule has 0 aliphatic rings. The van der Waals surface area contributed by atoms with E-state index in [0.29, 0.717) is 17.7 Å². The Bertz CT molecular complexity index is 568. The zero-order chi connectivity index (χ0) is 14.2. The molecule has 0 aliphatic heterocycles. The van der Waals surface area contributed by atoms with E-state index >= 15 is 0 Å². The Morgan fingerprint density at radius 2 is 1.95 bits per heavy atom. The molecule has 0 bridgehead atoms. The van der Waals surface area contributed by atoms with E-state index in [0.717, 1.165) is 35.8 Å². The fraction of sp³-hybridized carbons (Fsp3) is 0.714. The molecule has 0 saturated heterocycles. The van der Waals surface area contributed by atoms with Crippen molar-refractivity contribution in [2.45, 2.75) is 53.6 Å². The van der Waals surface area contributed by atoms with Crippen molar-refractivity contribution in [3.8, 4) is 0 Å². The number of aromatic nitrogens is 4. The predicted molar refractivity (Wildman–Crippen MR) is 79.5 cm³/mol. The van der Waals surface area contributed by atoms with Crippen LogP contribution in [-0.2, 0) is 19.0 Å². The van der Waals surface area contributed by atoms with E-state index in [-0.39, 0.29) is 0 Å². The van der Waals surface area contributed by atoms with Crippen molar-refractivity contribution in [1.82, 2.24) is 19.3 Å². The van der Waals surface area contributed by atoms with Crippen LogP contribution in [0.15, 0.2) is 0 Å². The standard InChI is InChI=1S/C14H23ClN4/c1-6-19-14-13(11(5)17-19)16-12(7-15)18(14)8-10(4)9(2)3/h9-10H,6-8H2,1-5H3. The highest BCUT2D eigenvalue weighted by atomic mass is 35.5. The van der Waals surface area contributed by atoms with Crippen molar-refractivity contribution < 1.29 is 0 Å². The Balaban J connectivity index is 2.55. The first-order valence-electron chi connectivity index (χ1n) is 6.98. The summed E-state index contributed by atoms with van der Waals surface area (Å²) in [6.45, 7) is 12.7. The molecule has 0 fully saturated rings. The van der Waals surface area contributed by atoms with Gasteiger partial charge in [0.2, 0.25) is 0 Å². The van der Waals surface area contributed by atoms with Gasteiger partial charge in [0, 0.05) is 13.1 Å². The van der Waals surface area contributed by atoms with E-state index in [1.165, 1.54) is 0 Å². The number of nitrogens with zero attached hydrogens (tertiary/aromatic N) is 4. The summed E-state index contributed by atoms with van der Waals surface area (Å²) < 4.78 is 4.28. The highest BCUT2D eigenvalue weighted by Crippen LogP contribution is 2.23. The second kappa shape index (κ2) is 5.53. The molecular weight excluding hydrogens is 260 g/mol. The van der Waals surface area contributed by atoms with Gasteiger partial charge in [-0.05, 0) is 25.7 Å². The third kappa shape index (κ3) is 2.50. The first-order chi connectivity index (χ1) is 8.99. The van der Waals surface area contributed by atoms with E-state index in [2.05, 4.69) is 42.3 Å². The average molecular weight is 283 g/mol. The molecule has 0 spiro atoms. The van der Waals surface area contributed by atoms with Gasteiger partial charge in [0.05, 0.1) is 11.6 Å². The molecule has 2 heterocycles. The molecule has 0 saturated carbocycles. The third-order valence-electron chi connectivity index (χ3n) is 3.91. The summed E-state index contributed by atoms with van der Waals surface area (Å²) in [5.74, 6) is 2.62. The Morgan fingerprint density at radius 1 is 1.26 bits per heavy atom. The molecular formula is C14H23ClN4. The maximum Gasteiger partial charge on any atom is 0.158 e. The van der Waals surface area contributed by atoms with Gasteiger partial charge in [-0.15, -0.1) is 11.6 Å². The largest absolute Gasteiger partial charge is 0.312 e. The lowest BCUT2D eigenvalue weighted by molar-refractivity contribution is 0.363. The summed E-state index contributed by atoms with van der Waals surface area (Å²) in [4.78, 5) is 4.66. The summed E-state index contributed by atoms with van der Waals surface area (Å²) in [5, 5.41) is 4.55. The normalized spacial score (nSPS) is 13.6. The molecule has 2 aromatic heterocycles. The van der Waals surface area contributed by atoms with Gasteiger partial charge in [-0.25, -0.2) is 9.67 Å². The maximum absolute atomic E-state index is 6.06. The smallest absolute Gasteiger partial charge is 0.158 e. The van der Waals surface area contributed by atoms with Crippen molar-refractivity contribution in [2.75, 3.05) is 0 Å². The van der Waals surface area contributed by atoms with Gasteiger partial charge >= 0.3 is 0 Å². The number of aryl methyl sites for hydroxylation is 2. The maximum atomic E-state index is 6.06. The van der Waals surface area contributed by atoms with Gasteiger partial charge < -0.3 is 4.57 Å². The van der Waals surface area contributed by atoms with Crippen molar-refractivity contribution in [3.05, 3.63) is 11.5 Å². The Labute approximate surface area is 119 Å². The Hall–Kier alpha value is -1.03. The Kier molecular flexibility index (Phi) is 4.19. The number of hydrogen-bond acceptors (Lipinski definition) is 2. The zero-order valence-electron chi connectivity index (χ0n) is 12.4. The molecule has 0 aliphatic carbocycles. The zero-order valence-corrected chi connectivity index (χ0v) is 13.2. The van der Waals surface area contributed by atoms with E-state index in [1.807, 2.05) is 11.6 Å². The van der Waals surface area contributed by atoms with Crippen molar-refractivity contribution in [3.63, 3.8) is 0 Å². The van der Waals surface area contributed by atoms with Crippen LogP contribution in [0.5, 0.6) is 0 Å². The molecule has 4 nitrogen and oxygen atoms in total. The Morgan fingerprint density at radius 3 is 2.47 bits per heavy atom. The van der Waals surface area contributed by atoms with Crippen LogP contribution in [0.2, 0.25) is 0 Å². The lowest BCUT2D eigenvalue weighted by Crippen LogP contribution is -2.16. The van der Waals surface area contributed by atoms with Crippen LogP contribution in [0.4, 0.5) is 0 Å². The van der Waals surface area contributed by atoms with Crippen LogP contribution in [0.25, 0.3) is 11.2 Å². The summed E-state index contributed by atoms with van der Waals surface area (Å²) >= 11 is 6.06. The molecule has 5 heteroatoms. The van der Waals surface area contributed by atoms with Gasteiger partial charge in [0.15, 0.2) is 5.65 Å². The molecule has 1 atom stereocenters. The summed E-state index contributed by atoms with van der Waals surface area (Å²) in [7, 11) is 0. The van der Waals surface area contributed by atoms with Crippen molar-refractivity contribution in [1.29, 1.82) is 0 Å². The third-order valence-corrected chi connectivity index (χ3v) is 4.14. The van der Waals surface area contributed by atoms with Crippen LogP contribution < -0.4 is 0 Å². The number of alkyl halides is 1. The molecule has 19 heavy (non-hydrogen) atoms. The number of imidazole rings is 1. The molecule has 1 unspecified atom stereocenters. The topological polar surface area (TPSA) is 35.6 Å². The highest BCUT2D eigenvalue weighted by molar-refractivity contribution is 6.16. The SMILES string of the molecule is CCn1nc(C)c2nc(CCl)n(CC(C)C(C)C)c21. The minimum Gasteiger partial charge on any atom is -0.312 e. The van der Waals surface area contributed by atoms with Gasteiger partial charge in [-0.1, -0.05) is 20.8 Å². The average Bonchev–Trinajstić information content (AvgIpc) is 2.88. The molecule has 2 rings (SSSR count). The van der Waals surface area contributed by atoms with E-state index in [1.54, 1.807) is 0 Å². The summed E-state index contributed by atoms with van der Waals surface area (Å²) in [6, 6.07) is 0. The monoisotopic (exact) mass is 282 g/mol. The lowest BCUT2D eigenvalue weighted by atomic mass is 9.98. The molecule has 0 amide bonds. The van der Waals surface area contributed by atoms with Crippen LogP contribution >= 0.6 is 11.6 Å². The number of halogens is 1. The van der Waals surface area contributed by atoms with E-state index in [4.69, 9.17) is 11.6 Å². The van der Waals surface area contributed by atoms with Crippen LogP contribution in [0.1, 0.15) is 39.2 Å². The quantitative estimate of drug-likeness (QED) is 0.786. The fourth-order valence-corrected chi connectivity index (χ4v) is 2.49. The first kappa shape index (κ1) is 14.4. The van der Waals surface area contributed by atoms with Crippen molar-refractivity contribution >= 4 is 22.8 Å². The number of fused-ring (bicyclic) bond motifs is 1. The van der Waals surface area contributed by atoms with Gasteiger partial charge in [-0.2, -0.15) is 5.10 Å². The fourth-order valence-electron chi connectivity index (χ4n) is 2.28. The van der Waals surface area contributed by atoms with Crippen LogP contribution in [0, 0.1) is 18.8 Å². The molecule has 2 aromatic rings. The summed E-state index contributed by atoms with van der Waals surface area (Å²) in [6.07, 6.45) is 0. The predicted octanol–water partition coefficient (Wildman–Crippen LogP) is 3.59. The highest BCUT2D eigenvalue weighted by Gasteiger charge is 2.19. The minimum atomic E-state index is 0.447. The second-order valence-electron chi connectivity index (χ2n) is 5.57. The molecule has 0 radical (unpaired) electrons. The molecule has 0 N–H and O–H groups in total. The minimum absolute atomic E-state index is 0.447. The van der Waals surface area contributed by atoms with Gasteiger partial charge in [0.1, 0.15) is 11.3 Å². The number of rotatable bonds is 5. The first-order valence-corrected chi connectivity index (χ1v) is 7.51. The van der Waals surface area contributed by atoms with E-state index in [9.17, 15) is 0 Å². The lowest BCUT2D eigenvalue weighted by Gasteiger charge is -2.18. The van der Waals surface area contributed by atoms with Gasteiger partial charge in [0.25, 0.3) is 0 Å².